The molecule has 6 heteroatoms. The number of nitrogens with zero attached hydrogens (tertiary/aromatic N) is 2. The molecule has 0 aliphatic carbocycles. The largest absolute Gasteiger partial charge is 0.369 e. The molecule has 84 valence electrons. The molecule has 1 aromatic rings. The number of primary amides is 1. The Labute approximate surface area is 98.0 Å². The zero-order valence-corrected chi connectivity index (χ0v) is 10.3. The Kier molecular flexibility index (Phi) is 4.50. The van der Waals surface area contributed by atoms with Gasteiger partial charge >= 0.3 is 0 Å². The zero-order chi connectivity index (χ0) is 11.4. The molecule has 2 N–H and O–H groups in total. The van der Waals surface area contributed by atoms with Crippen molar-refractivity contribution in [2.24, 2.45) is 5.73 Å². The van der Waals surface area contributed by atoms with Gasteiger partial charge < -0.3 is 5.73 Å². The molecule has 0 spiro atoms. The van der Waals surface area contributed by atoms with Crippen LogP contribution in [0.4, 0.5) is 0 Å². The van der Waals surface area contributed by atoms with Gasteiger partial charge in [-0.1, -0.05) is 11.6 Å². The second kappa shape index (κ2) is 5.44. The van der Waals surface area contributed by atoms with E-state index in [1.165, 1.54) is 11.3 Å². The molecule has 0 aliphatic heterocycles. The highest BCUT2D eigenvalue weighted by Crippen LogP contribution is 2.19. The fourth-order valence-corrected chi connectivity index (χ4v) is 2.18. The van der Waals surface area contributed by atoms with Crippen LogP contribution in [0.3, 0.4) is 0 Å². The lowest BCUT2D eigenvalue weighted by Crippen LogP contribution is -2.37. The predicted molar refractivity (Wildman–Crippen MR) is 61.9 cm³/mol. The van der Waals surface area contributed by atoms with Gasteiger partial charge in [-0.25, -0.2) is 4.98 Å². The quantitative estimate of drug-likeness (QED) is 0.858. The van der Waals surface area contributed by atoms with Crippen molar-refractivity contribution in [3.63, 3.8) is 0 Å². The third-order valence-corrected chi connectivity index (χ3v) is 3.07. The molecule has 0 fully saturated rings. The van der Waals surface area contributed by atoms with Crippen molar-refractivity contribution in [1.29, 1.82) is 0 Å². The number of amides is 1. The van der Waals surface area contributed by atoms with Crippen molar-refractivity contribution >= 4 is 28.8 Å². The number of rotatable bonds is 5. The summed E-state index contributed by atoms with van der Waals surface area (Å²) in [7, 11) is 0. The fourth-order valence-electron chi connectivity index (χ4n) is 1.18. The maximum atomic E-state index is 10.9. The third kappa shape index (κ3) is 4.15. The van der Waals surface area contributed by atoms with Gasteiger partial charge in [0.2, 0.25) is 5.91 Å². The smallest absolute Gasteiger partial charge is 0.231 e. The molecule has 0 unspecified atom stereocenters. The van der Waals surface area contributed by atoms with Gasteiger partial charge in [-0.05, 0) is 13.8 Å². The molecule has 1 amide bonds. The molecule has 4 nitrogen and oxygen atoms in total. The van der Waals surface area contributed by atoms with Gasteiger partial charge in [-0.15, -0.1) is 11.3 Å². The number of aromatic nitrogens is 1. The van der Waals surface area contributed by atoms with Gasteiger partial charge in [-0.3, -0.25) is 9.69 Å². The highest BCUT2D eigenvalue weighted by atomic mass is 35.5. The van der Waals surface area contributed by atoms with Gasteiger partial charge in [-0.2, -0.15) is 0 Å². The summed E-state index contributed by atoms with van der Waals surface area (Å²) in [6, 6.07) is 0.262. The molecular formula is C9H14ClN3OS. The first-order chi connectivity index (χ1) is 6.99. The lowest BCUT2D eigenvalue weighted by molar-refractivity contribution is -0.119. The van der Waals surface area contributed by atoms with Crippen molar-refractivity contribution in [3.05, 3.63) is 15.5 Å². The average Bonchev–Trinajstić information content (AvgIpc) is 2.49. The maximum absolute atomic E-state index is 10.9. The van der Waals surface area contributed by atoms with Crippen molar-refractivity contribution in [1.82, 2.24) is 9.88 Å². The first-order valence-corrected chi connectivity index (χ1v) is 5.81. The zero-order valence-electron chi connectivity index (χ0n) is 8.74. The van der Waals surface area contributed by atoms with Crippen LogP contribution in [-0.4, -0.2) is 28.4 Å². The van der Waals surface area contributed by atoms with Crippen molar-refractivity contribution in [2.75, 3.05) is 6.54 Å². The van der Waals surface area contributed by atoms with Crippen LogP contribution in [0.5, 0.6) is 0 Å². The third-order valence-electron chi connectivity index (χ3n) is 1.97. The van der Waals surface area contributed by atoms with Gasteiger partial charge in [0.25, 0.3) is 0 Å². The van der Waals surface area contributed by atoms with Crippen LogP contribution in [-0.2, 0) is 11.3 Å². The molecule has 0 aliphatic rings. The number of carbonyl (C=O) groups is 1. The van der Waals surface area contributed by atoms with Crippen LogP contribution < -0.4 is 5.73 Å². The standard InChI is InChI=1S/C9H14ClN3OS/c1-6(2)13(5-8(11)14)4-7-3-12-9(10)15-7/h3,6H,4-5H2,1-2H3,(H2,11,14). The summed E-state index contributed by atoms with van der Waals surface area (Å²) in [5.74, 6) is -0.320. The molecule has 0 aromatic carbocycles. The molecule has 0 radical (unpaired) electrons. The Balaban J connectivity index is 2.62. The van der Waals surface area contributed by atoms with E-state index in [4.69, 9.17) is 17.3 Å². The summed E-state index contributed by atoms with van der Waals surface area (Å²) in [6.45, 7) is 4.95. The first kappa shape index (κ1) is 12.4. The van der Waals surface area contributed by atoms with Crippen LogP contribution in [0.15, 0.2) is 6.20 Å². The number of carbonyl (C=O) groups excluding carboxylic acids is 1. The van der Waals surface area contributed by atoms with Crippen LogP contribution in [0, 0.1) is 0 Å². The highest BCUT2D eigenvalue weighted by Gasteiger charge is 2.13. The molecule has 1 rings (SSSR count). The van der Waals surface area contributed by atoms with E-state index in [9.17, 15) is 4.79 Å². The topological polar surface area (TPSA) is 59.2 Å². The van der Waals surface area contributed by atoms with Crippen LogP contribution in [0.1, 0.15) is 18.7 Å². The summed E-state index contributed by atoms with van der Waals surface area (Å²) < 4.78 is 0.521. The van der Waals surface area contributed by atoms with Crippen molar-refractivity contribution < 1.29 is 4.79 Å². The van der Waals surface area contributed by atoms with Gasteiger partial charge in [0, 0.05) is 23.7 Å². The normalized spacial score (nSPS) is 11.3. The number of hydrogen-bond acceptors (Lipinski definition) is 4. The number of hydrogen-bond donors (Lipinski definition) is 1. The summed E-state index contributed by atoms with van der Waals surface area (Å²) in [5.41, 5.74) is 5.17. The van der Waals surface area contributed by atoms with Crippen LogP contribution >= 0.6 is 22.9 Å². The van der Waals surface area contributed by atoms with E-state index in [0.717, 1.165) is 4.88 Å². The maximum Gasteiger partial charge on any atom is 0.231 e. The molecule has 0 bridgehead atoms. The number of halogens is 1. The summed E-state index contributed by atoms with van der Waals surface area (Å²) in [5, 5.41) is 0. The fraction of sp³-hybridized carbons (Fsp3) is 0.556. The molecule has 0 atom stereocenters. The summed E-state index contributed by atoms with van der Waals surface area (Å²) in [6.07, 6.45) is 1.73. The Morgan fingerprint density at radius 2 is 2.40 bits per heavy atom. The van der Waals surface area contributed by atoms with E-state index in [2.05, 4.69) is 4.98 Å². The predicted octanol–water partition coefficient (Wildman–Crippen LogP) is 1.49. The average molecular weight is 248 g/mol. The number of thiazole rings is 1. The Bertz CT molecular complexity index is 340. The summed E-state index contributed by atoms with van der Waals surface area (Å²) >= 11 is 7.15. The number of nitrogens with two attached hydrogens (primary N) is 1. The van der Waals surface area contributed by atoms with E-state index in [-0.39, 0.29) is 18.5 Å². The van der Waals surface area contributed by atoms with E-state index >= 15 is 0 Å². The molecule has 1 aromatic heterocycles. The van der Waals surface area contributed by atoms with Crippen LogP contribution in [0.2, 0.25) is 4.47 Å². The highest BCUT2D eigenvalue weighted by molar-refractivity contribution is 7.15. The second-order valence-corrected chi connectivity index (χ2v) is 5.24. The van der Waals surface area contributed by atoms with Crippen LogP contribution in [0.25, 0.3) is 0 Å². The molecule has 1 heterocycles. The minimum atomic E-state index is -0.320. The Morgan fingerprint density at radius 1 is 1.73 bits per heavy atom. The first-order valence-electron chi connectivity index (χ1n) is 4.61. The Hall–Kier alpha value is -0.650. The van der Waals surface area contributed by atoms with Gasteiger partial charge in [0.05, 0.1) is 6.54 Å². The minimum absolute atomic E-state index is 0.257. The molecular weight excluding hydrogens is 234 g/mol. The monoisotopic (exact) mass is 247 g/mol. The summed E-state index contributed by atoms with van der Waals surface area (Å²) in [4.78, 5) is 17.8. The van der Waals surface area contributed by atoms with Crippen molar-refractivity contribution in [2.45, 2.75) is 26.4 Å². The molecule has 15 heavy (non-hydrogen) atoms. The van der Waals surface area contributed by atoms with E-state index < -0.39 is 0 Å². The molecule has 0 saturated carbocycles. The Morgan fingerprint density at radius 3 is 2.80 bits per heavy atom. The SMILES string of the molecule is CC(C)N(CC(N)=O)Cc1cnc(Cl)s1. The van der Waals surface area contributed by atoms with E-state index in [0.29, 0.717) is 11.0 Å². The van der Waals surface area contributed by atoms with Gasteiger partial charge in [0.15, 0.2) is 4.47 Å². The lowest BCUT2D eigenvalue weighted by Gasteiger charge is -2.23. The van der Waals surface area contributed by atoms with Gasteiger partial charge in [0.1, 0.15) is 0 Å². The van der Waals surface area contributed by atoms with Crippen molar-refractivity contribution in [3.8, 4) is 0 Å². The second-order valence-electron chi connectivity index (χ2n) is 3.54. The minimum Gasteiger partial charge on any atom is -0.369 e. The molecule has 0 saturated heterocycles. The van der Waals surface area contributed by atoms with E-state index in [1.54, 1.807) is 6.20 Å². The lowest BCUT2D eigenvalue weighted by atomic mass is 10.3. The van der Waals surface area contributed by atoms with E-state index in [1.807, 2.05) is 18.7 Å².